The lowest BCUT2D eigenvalue weighted by Gasteiger charge is -2.21. The van der Waals surface area contributed by atoms with E-state index in [0.29, 0.717) is 39.5 Å². The minimum atomic E-state index is -0.483. The molecule has 0 unspecified atom stereocenters. The highest BCUT2D eigenvalue weighted by molar-refractivity contribution is 5.69. The maximum absolute atomic E-state index is 11.5. The second kappa shape index (κ2) is 13.0. The van der Waals surface area contributed by atoms with Gasteiger partial charge in [0.15, 0.2) is 0 Å². The van der Waals surface area contributed by atoms with Gasteiger partial charge in [-0.3, -0.25) is 4.79 Å². The zero-order chi connectivity index (χ0) is 18.4. The average molecular weight is 348 g/mol. The number of rotatable bonds is 12. The van der Waals surface area contributed by atoms with E-state index in [9.17, 15) is 9.59 Å². The first-order chi connectivity index (χ1) is 11.2. The molecule has 0 saturated heterocycles. The molecule has 0 bridgehead atoms. The Hall–Kier alpha value is -1.38. The molecular formula is C16H32N2O6. The van der Waals surface area contributed by atoms with Gasteiger partial charge in [-0.05, 0) is 27.8 Å². The molecule has 0 aromatic heterocycles. The van der Waals surface area contributed by atoms with Crippen LogP contribution in [0, 0.1) is 0 Å². The first-order valence-electron chi connectivity index (χ1n) is 8.12. The van der Waals surface area contributed by atoms with E-state index in [4.69, 9.17) is 14.2 Å². The van der Waals surface area contributed by atoms with E-state index in [1.165, 1.54) is 7.11 Å². The molecule has 1 amide bonds. The van der Waals surface area contributed by atoms with Gasteiger partial charge < -0.3 is 29.2 Å². The van der Waals surface area contributed by atoms with Crippen LogP contribution in [0.25, 0.3) is 0 Å². The Morgan fingerprint density at radius 3 is 2.21 bits per heavy atom. The number of hydrogen-bond acceptors (Lipinski definition) is 7. The Morgan fingerprint density at radius 1 is 1.00 bits per heavy atom. The van der Waals surface area contributed by atoms with Crippen LogP contribution in [0.5, 0.6) is 0 Å². The van der Waals surface area contributed by atoms with Crippen LogP contribution < -0.4 is 5.32 Å². The summed E-state index contributed by atoms with van der Waals surface area (Å²) in [6.45, 7) is 9.29. The summed E-state index contributed by atoms with van der Waals surface area (Å²) in [5.41, 5.74) is -0.483. The molecule has 0 aromatic rings. The minimum Gasteiger partial charge on any atom is -0.469 e. The second-order valence-electron chi connectivity index (χ2n) is 6.28. The molecule has 0 spiro atoms. The van der Waals surface area contributed by atoms with Gasteiger partial charge in [0.25, 0.3) is 0 Å². The zero-order valence-electron chi connectivity index (χ0n) is 15.6. The molecule has 0 radical (unpaired) electrons. The van der Waals surface area contributed by atoms with E-state index >= 15 is 0 Å². The molecule has 8 heteroatoms. The lowest BCUT2D eigenvalue weighted by atomic mass is 10.2. The van der Waals surface area contributed by atoms with Crippen LogP contribution >= 0.6 is 0 Å². The molecule has 0 aromatic carbocycles. The Labute approximate surface area is 144 Å². The second-order valence-corrected chi connectivity index (χ2v) is 6.28. The van der Waals surface area contributed by atoms with E-state index in [1.54, 1.807) is 0 Å². The molecule has 1 N–H and O–H groups in total. The van der Waals surface area contributed by atoms with Crippen molar-refractivity contribution in [2.75, 3.05) is 60.2 Å². The van der Waals surface area contributed by atoms with Gasteiger partial charge in [0.2, 0.25) is 0 Å². The molecule has 0 heterocycles. The third-order valence-electron chi connectivity index (χ3n) is 2.83. The number of carbonyl (C=O) groups is 2. The van der Waals surface area contributed by atoms with Crippen molar-refractivity contribution in [3.63, 3.8) is 0 Å². The van der Waals surface area contributed by atoms with E-state index in [1.807, 2.05) is 27.8 Å². The summed E-state index contributed by atoms with van der Waals surface area (Å²) in [5, 5.41) is 2.71. The van der Waals surface area contributed by atoms with Crippen LogP contribution in [0.1, 0.15) is 27.2 Å². The first kappa shape index (κ1) is 22.6. The van der Waals surface area contributed by atoms with Crippen LogP contribution in [0.4, 0.5) is 4.79 Å². The Morgan fingerprint density at radius 2 is 1.62 bits per heavy atom. The molecule has 0 aliphatic heterocycles. The summed E-state index contributed by atoms with van der Waals surface area (Å²) in [6.07, 6.45) is -0.152. The summed E-state index contributed by atoms with van der Waals surface area (Å²) in [6, 6.07) is 0. The molecule has 24 heavy (non-hydrogen) atoms. The number of amides is 1. The highest BCUT2D eigenvalue weighted by Gasteiger charge is 2.15. The molecule has 0 rings (SSSR count). The van der Waals surface area contributed by atoms with Crippen LogP contribution in [-0.2, 0) is 23.7 Å². The standard InChI is InChI=1S/C16H32N2O6/c1-16(2,3)24-15(20)17-7-8-18(4)9-11-23-13-12-22-10-6-14(19)21-5/h6-13H2,1-5H3,(H,17,20). The summed E-state index contributed by atoms with van der Waals surface area (Å²) < 4.78 is 20.3. The SMILES string of the molecule is COC(=O)CCOCCOCCN(C)CCNC(=O)OC(C)(C)C. The maximum Gasteiger partial charge on any atom is 0.407 e. The highest BCUT2D eigenvalue weighted by Crippen LogP contribution is 2.06. The Kier molecular flexibility index (Phi) is 12.2. The quantitative estimate of drug-likeness (QED) is 0.416. The third-order valence-corrected chi connectivity index (χ3v) is 2.83. The zero-order valence-corrected chi connectivity index (χ0v) is 15.6. The van der Waals surface area contributed by atoms with Gasteiger partial charge in [-0.15, -0.1) is 0 Å². The number of hydrogen-bond donors (Lipinski definition) is 1. The number of likely N-dealkylation sites (N-methyl/N-ethyl adjacent to an activating group) is 1. The molecule has 0 aliphatic rings. The first-order valence-corrected chi connectivity index (χ1v) is 8.12. The number of carbonyl (C=O) groups excluding carboxylic acids is 2. The van der Waals surface area contributed by atoms with E-state index in [-0.39, 0.29) is 12.4 Å². The number of nitrogens with one attached hydrogen (secondary N) is 1. The van der Waals surface area contributed by atoms with Crippen LogP contribution in [0.15, 0.2) is 0 Å². The normalized spacial score (nSPS) is 11.4. The summed E-state index contributed by atoms with van der Waals surface area (Å²) >= 11 is 0. The topological polar surface area (TPSA) is 86.3 Å². The lowest BCUT2D eigenvalue weighted by Crippen LogP contribution is -2.37. The minimum absolute atomic E-state index is 0.254. The lowest BCUT2D eigenvalue weighted by molar-refractivity contribution is -0.141. The van der Waals surface area contributed by atoms with Crippen LogP contribution in [0.2, 0.25) is 0 Å². The van der Waals surface area contributed by atoms with Gasteiger partial charge >= 0.3 is 12.1 Å². The predicted molar refractivity (Wildman–Crippen MR) is 90.0 cm³/mol. The smallest absolute Gasteiger partial charge is 0.407 e. The van der Waals surface area contributed by atoms with Crippen LogP contribution in [0.3, 0.4) is 0 Å². The van der Waals surface area contributed by atoms with Gasteiger partial charge in [0, 0.05) is 19.6 Å². The van der Waals surface area contributed by atoms with Crippen molar-refractivity contribution in [1.29, 1.82) is 0 Å². The highest BCUT2D eigenvalue weighted by atomic mass is 16.6. The molecule has 8 nitrogen and oxygen atoms in total. The van der Waals surface area contributed by atoms with E-state index in [0.717, 1.165) is 6.54 Å². The van der Waals surface area contributed by atoms with Crippen molar-refractivity contribution in [3.8, 4) is 0 Å². The number of esters is 1. The molecular weight excluding hydrogens is 316 g/mol. The average Bonchev–Trinajstić information content (AvgIpc) is 2.47. The molecule has 0 aliphatic carbocycles. The fraction of sp³-hybridized carbons (Fsp3) is 0.875. The third kappa shape index (κ3) is 15.5. The molecule has 142 valence electrons. The van der Waals surface area contributed by atoms with Gasteiger partial charge in [-0.2, -0.15) is 0 Å². The molecule has 0 saturated carbocycles. The van der Waals surface area contributed by atoms with Gasteiger partial charge in [-0.25, -0.2) is 4.79 Å². The van der Waals surface area contributed by atoms with Gasteiger partial charge in [-0.1, -0.05) is 0 Å². The van der Waals surface area contributed by atoms with E-state index < -0.39 is 11.7 Å². The van der Waals surface area contributed by atoms with Crippen molar-refractivity contribution in [3.05, 3.63) is 0 Å². The number of methoxy groups -OCH3 is 1. The molecule has 0 atom stereocenters. The largest absolute Gasteiger partial charge is 0.469 e. The van der Waals surface area contributed by atoms with Crippen molar-refractivity contribution >= 4 is 12.1 Å². The summed E-state index contributed by atoms with van der Waals surface area (Å²) in [4.78, 5) is 24.4. The number of nitrogens with zero attached hydrogens (tertiary/aromatic N) is 1. The monoisotopic (exact) mass is 348 g/mol. The summed E-state index contributed by atoms with van der Waals surface area (Å²) in [7, 11) is 3.30. The predicted octanol–water partition coefficient (Wildman–Crippen LogP) is 1.04. The fourth-order valence-electron chi connectivity index (χ4n) is 1.57. The maximum atomic E-state index is 11.5. The Bertz CT molecular complexity index is 357. The fourth-order valence-corrected chi connectivity index (χ4v) is 1.57. The number of ether oxygens (including phenoxy) is 4. The van der Waals surface area contributed by atoms with Gasteiger partial charge in [0.1, 0.15) is 5.60 Å². The number of alkyl carbamates (subject to hydrolysis) is 1. The summed E-state index contributed by atoms with van der Waals surface area (Å²) in [5.74, 6) is -0.280. The molecule has 0 fully saturated rings. The van der Waals surface area contributed by atoms with Crippen molar-refractivity contribution in [1.82, 2.24) is 10.2 Å². The Balaban J connectivity index is 3.42. The van der Waals surface area contributed by atoms with Crippen molar-refractivity contribution < 1.29 is 28.5 Å². The van der Waals surface area contributed by atoms with Crippen molar-refractivity contribution in [2.24, 2.45) is 0 Å². The van der Waals surface area contributed by atoms with E-state index in [2.05, 4.69) is 15.0 Å². The van der Waals surface area contributed by atoms with Crippen molar-refractivity contribution in [2.45, 2.75) is 32.8 Å². The van der Waals surface area contributed by atoms with Gasteiger partial charge in [0.05, 0.1) is 40.0 Å². The van der Waals surface area contributed by atoms with Crippen LogP contribution in [-0.4, -0.2) is 82.8 Å².